The molecule has 2 fully saturated rings. The number of halogens is 3. The summed E-state index contributed by atoms with van der Waals surface area (Å²) in [5.74, 6) is 2.43. The Morgan fingerprint density at radius 3 is 2.61 bits per heavy atom. The fourth-order valence-electron chi connectivity index (χ4n) is 3.46. The molecule has 1 saturated carbocycles. The van der Waals surface area contributed by atoms with E-state index in [1.807, 2.05) is 30.0 Å². The first kappa shape index (κ1) is 19.7. The van der Waals surface area contributed by atoms with Gasteiger partial charge in [0.2, 0.25) is 0 Å². The maximum Gasteiger partial charge on any atom is 0.0730 e. The van der Waals surface area contributed by atoms with Gasteiger partial charge in [0, 0.05) is 34.3 Å². The zero-order valence-corrected chi connectivity index (χ0v) is 16.3. The van der Waals surface area contributed by atoms with Crippen molar-refractivity contribution in [2.24, 2.45) is 0 Å². The van der Waals surface area contributed by atoms with Crippen LogP contribution < -0.4 is 0 Å². The molecule has 130 valence electrons. The molecule has 2 nitrogen and oxygen atoms in total. The van der Waals surface area contributed by atoms with E-state index in [4.69, 9.17) is 27.9 Å². The second-order valence-electron chi connectivity index (χ2n) is 6.06. The molecule has 0 aromatic heterocycles. The summed E-state index contributed by atoms with van der Waals surface area (Å²) in [4.78, 5) is 2.61. The number of hydrogen-bond donors (Lipinski definition) is 0. The Morgan fingerprint density at radius 2 is 1.91 bits per heavy atom. The van der Waals surface area contributed by atoms with Crippen LogP contribution in [0.3, 0.4) is 0 Å². The molecule has 23 heavy (non-hydrogen) atoms. The summed E-state index contributed by atoms with van der Waals surface area (Å²) in [5.41, 5.74) is 1.01. The number of rotatable bonds is 5. The van der Waals surface area contributed by atoms with Crippen LogP contribution in [0.1, 0.15) is 31.2 Å². The molecular formula is C17H24Cl3NOS. The van der Waals surface area contributed by atoms with Gasteiger partial charge in [-0.2, -0.15) is 0 Å². The van der Waals surface area contributed by atoms with Gasteiger partial charge >= 0.3 is 0 Å². The second-order valence-corrected chi connectivity index (χ2v) is 7.95. The standard InChI is InChI=1S/C17H23Cl2NOS.ClH/c18-14-4-3-5-15(19)13(14)8-10-21-17-7-2-1-6-16(17)20-9-11-22-12-20;/h3-5,16-17H,1-2,6-12H2;1H/t16-,17-;/m0./s1. The predicted molar refractivity (Wildman–Crippen MR) is 103 cm³/mol. The van der Waals surface area contributed by atoms with Crippen molar-refractivity contribution in [2.75, 3.05) is 24.8 Å². The van der Waals surface area contributed by atoms with Gasteiger partial charge in [0.05, 0.1) is 12.7 Å². The molecule has 2 atom stereocenters. The minimum Gasteiger partial charge on any atom is -0.376 e. The Kier molecular flexibility index (Phi) is 8.34. The van der Waals surface area contributed by atoms with Crippen LogP contribution in [-0.4, -0.2) is 41.8 Å². The van der Waals surface area contributed by atoms with E-state index in [0.29, 0.717) is 18.8 Å². The van der Waals surface area contributed by atoms with Crippen molar-refractivity contribution in [1.82, 2.24) is 4.90 Å². The molecule has 2 aliphatic rings. The highest BCUT2D eigenvalue weighted by Gasteiger charge is 2.32. The highest BCUT2D eigenvalue weighted by atomic mass is 35.5. The minimum atomic E-state index is 0. The van der Waals surface area contributed by atoms with Crippen LogP contribution in [0.5, 0.6) is 0 Å². The fraction of sp³-hybridized carbons (Fsp3) is 0.647. The van der Waals surface area contributed by atoms with Crippen molar-refractivity contribution in [2.45, 2.75) is 44.2 Å². The number of hydrogen-bond acceptors (Lipinski definition) is 3. The van der Waals surface area contributed by atoms with Crippen LogP contribution in [0.25, 0.3) is 0 Å². The molecule has 1 saturated heterocycles. The Bertz CT molecular complexity index is 476. The summed E-state index contributed by atoms with van der Waals surface area (Å²) in [5, 5.41) is 1.49. The number of thioether (sulfide) groups is 1. The molecule has 0 N–H and O–H groups in total. The molecule has 1 heterocycles. The molecule has 1 aromatic rings. The summed E-state index contributed by atoms with van der Waals surface area (Å²) in [6, 6.07) is 6.28. The predicted octanol–water partition coefficient (Wildman–Crippen LogP) is 5.29. The summed E-state index contributed by atoms with van der Waals surface area (Å²) in [6.07, 6.45) is 6.24. The minimum absolute atomic E-state index is 0. The van der Waals surface area contributed by atoms with Crippen molar-refractivity contribution >= 4 is 47.4 Å². The van der Waals surface area contributed by atoms with E-state index in [1.54, 1.807) is 0 Å². The Balaban J connectivity index is 0.00000192. The van der Waals surface area contributed by atoms with Crippen molar-refractivity contribution in [3.8, 4) is 0 Å². The SMILES string of the molecule is Cl.Clc1cccc(Cl)c1CCO[C@H]1CCCC[C@@H]1N1CCSC1. The van der Waals surface area contributed by atoms with Crippen LogP contribution in [-0.2, 0) is 11.2 Å². The van der Waals surface area contributed by atoms with Gasteiger partial charge in [-0.15, -0.1) is 24.2 Å². The summed E-state index contributed by atoms with van der Waals surface area (Å²) in [7, 11) is 0. The molecule has 0 amide bonds. The van der Waals surface area contributed by atoms with Crippen LogP contribution in [0, 0.1) is 0 Å². The first-order valence-electron chi connectivity index (χ1n) is 8.12. The molecule has 3 rings (SSSR count). The van der Waals surface area contributed by atoms with E-state index in [1.165, 1.54) is 43.9 Å². The van der Waals surface area contributed by atoms with Gasteiger partial charge in [-0.3, -0.25) is 4.90 Å². The smallest absolute Gasteiger partial charge is 0.0730 e. The van der Waals surface area contributed by atoms with Gasteiger partial charge in [-0.25, -0.2) is 0 Å². The third kappa shape index (κ3) is 5.17. The summed E-state index contributed by atoms with van der Waals surface area (Å²) >= 11 is 14.5. The van der Waals surface area contributed by atoms with Gasteiger partial charge in [0.25, 0.3) is 0 Å². The molecule has 0 unspecified atom stereocenters. The lowest BCUT2D eigenvalue weighted by molar-refractivity contribution is -0.0270. The van der Waals surface area contributed by atoms with Crippen molar-refractivity contribution in [1.29, 1.82) is 0 Å². The lowest BCUT2D eigenvalue weighted by Gasteiger charge is -2.37. The van der Waals surface area contributed by atoms with Gasteiger partial charge in [0.15, 0.2) is 0 Å². The topological polar surface area (TPSA) is 12.5 Å². The number of ether oxygens (including phenoxy) is 1. The third-order valence-electron chi connectivity index (χ3n) is 4.66. The van der Waals surface area contributed by atoms with Gasteiger partial charge in [-0.05, 0) is 37.0 Å². The number of nitrogens with zero attached hydrogens (tertiary/aromatic N) is 1. The van der Waals surface area contributed by atoms with E-state index < -0.39 is 0 Å². The van der Waals surface area contributed by atoms with E-state index in [0.717, 1.165) is 22.0 Å². The van der Waals surface area contributed by atoms with Crippen molar-refractivity contribution < 1.29 is 4.74 Å². The molecule has 1 aliphatic heterocycles. The normalized spacial score (nSPS) is 25.3. The van der Waals surface area contributed by atoms with Crippen LogP contribution in [0.2, 0.25) is 10.0 Å². The monoisotopic (exact) mass is 395 g/mol. The Morgan fingerprint density at radius 1 is 1.17 bits per heavy atom. The molecule has 0 spiro atoms. The van der Waals surface area contributed by atoms with E-state index in [-0.39, 0.29) is 12.4 Å². The van der Waals surface area contributed by atoms with Crippen LogP contribution in [0.15, 0.2) is 18.2 Å². The van der Waals surface area contributed by atoms with E-state index >= 15 is 0 Å². The Labute approximate surface area is 159 Å². The largest absolute Gasteiger partial charge is 0.376 e. The second kappa shape index (κ2) is 9.74. The maximum absolute atomic E-state index is 6.25. The highest BCUT2D eigenvalue weighted by molar-refractivity contribution is 7.99. The third-order valence-corrected chi connectivity index (χ3v) is 6.36. The maximum atomic E-state index is 6.25. The molecule has 6 heteroatoms. The van der Waals surface area contributed by atoms with E-state index in [9.17, 15) is 0 Å². The molecule has 0 radical (unpaired) electrons. The highest BCUT2D eigenvalue weighted by Crippen LogP contribution is 2.30. The van der Waals surface area contributed by atoms with Gasteiger partial charge in [0.1, 0.15) is 0 Å². The van der Waals surface area contributed by atoms with Crippen LogP contribution in [0.4, 0.5) is 0 Å². The zero-order valence-electron chi connectivity index (χ0n) is 13.2. The first-order valence-corrected chi connectivity index (χ1v) is 10.0. The van der Waals surface area contributed by atoms with E-state index in [2.05, 4.69) is 4.90 Å². The lowest BCUT2D eigenvalue weighted by Crippen LogP contribution is -2.45. The molecule has 0 bridgehead atoms. The van der Waals surface area contributed by atoms with Gasteiger partial charge < -0.3 is 4.74 Å². The average molecular weight is 397 g/mol. The molecule has 1 aliphatic carbocycles. The number of benzene rings is 1. The lowest BCUT2D eigenvalue weighted by atomic mass is 9.91. The van der Waals surface area contributed by atoms with Crippen molar-refractivity contribution in [3.63, 3.8) is 0 Å². The summed E-state index contributed by atoms with van der Waals surface area (Å²) in [6.45, 7) is 1.91. The molecular weight excluding hydrogens is 373 g/mol. The Hall–Kier alpha value is 0.360. The quantitative estimate of drug-likeness (QED) is 0.671. The van der Waals surface area contributed by atoms with Gasteiger partial charge in [-0.1, -0.05) is 42.1 Å². The summed E-state index contributed by atoms with van der Waals surface area (Å²) < 4.78 is 6.25. The average Bonchev–Trinajstić information content (AvgIpc) is 3.05. The fourth-order valence-corrected chi connectivity index (χ4v) is 5.10. The first-order chi connectivity index (χ1) is 10.8. The molecule has 1 aromatic carbocycles. The van der Waals surface area contributed by atoms with Crippen molar-refractivity contribution in [3.05, 3.63) is 33.8 Å². The van der Waals surface area contributed by atoms with Crippen LogP contribution >= 0.6 is 47.4 Å². The zero-order chi connectivity index (χ0) is 15.4.